The molecule has 0 bridgehead atoms. The summed E-state index contributed by atoms with van der Waals surface area (Å²) in [6.07, 6.45) is 2.35. The lowest BCUT2D eigenvalue weighted by atomic mass is 9.96. The molecule has 1 saturated carbocycles. The Morgan fingerprint density at radius 3 is 2.46 bits per heavy atom. The highest BCUT2D eigenvalue weighted by Gasteiger charge is 2.43. The number of hydrogen-bond acceptors (Lipinski definition) is 3. The van der Waals surface area contributed by atoms with Crippen molar-refractivity contribution in [1.29, 1.82) is 0 Å². The van der Waals surface area contributed by atoms with Crippen LogP contribution in [0.2, 0.25) is 0 Å². The van der Waals surface area contributed by atoms with E-state index in [4.69, 9.17) is 0 Å². The lowest BCUT2D eigenvalue weighted by Crippen LogP contribution is -2.41. The SMILES string of the molecule is CCNC(=NCc1cccc(S(=O)(=O)NC)c1)NCC1(c2ccccc2)CC1. The second kappa shape index (κ2) is 8.75. The number of hydrogen-bond donors (Lipinski definition) is 3. The Balaban J connectivity index is 1.68. The van der Waals surface area contributed by atoms with E-state index in [9.17, 15) is 8.42 Å². The summed E-state index contributed by atoms with van der Waals surface area (Å²) in [5.74, 6) is 0.742. The molecule has 3 rings (SSSR count). The molecular weight excluding hydrogens is 372 g/mol. The van der Waals surface area contributed by atoms with Crippen molar-refractivity contribution in [2.24, 2.45) is 4.99 Å². The van der Waals surface area contributed by atoms with Gasteiger partial charge in [-0.15, -0.1) is 0 Å². The van der Waals surface area contributed by atoms with Gasteiger partial charge in [-0.2, -0.15) is 0 Å². The van der Waals surface area contributed by atoms with Crippen molar-refractivity contribution in [2.45, 2.75) is 36.6 Å². The zero-order valence-electron chi connectivity index (χ0n) is 16.4. The molecule has 0 aromatic heterocycles. The first-order valence-electron chi connectivity index (χ1n) is 9.59. The van der Waals surface area contributed by atoms with Gasteiger partial charge in [-0.25, -0.2) is 18.1 Å². The average molecular weight is 401 g/mol. The molecule has 0 aliphatic heterocycles. The highest BCUT2D eigenvalue weighted by Crippen LogP contribution is 2.47. The molecule has 0 unspecified atom stereocenters. The number of rotatable bonds is 8. The van der Waals surface area contributed by atoms with Crippen LogP contribution in [0.5, 0.6) is 0 Å². The van der Waals surface area contributed by atoms with Crippen LogP contribution in [0.4, 0.5) is 0 Å². The largest absolute Gasteiger partial charge is 0.357 e. The normalized spacial score (nSPS) is 15.9. The van der Waals surface area contributed by atoms with E-state index in [-0.39, 0.29) is 10.3 Å². The maximum Gasteiger partial charge on any atom is 0.240 e. The van der Waals surface area contributed by atoms with Crippen molar-refractivity contribution in [3.05, 3.63) is 65.7 Å². The molecule has 1 aliphatic rings. The quantitative estimate of drug-likeness (QED) is 0.469. The number of benzene rings is 2. The lowest BCUT2D eigenvalue weighted by molar-refractivity contribution is 0.588. The topological polar surface area (TPSA) is 82.6 Å². The van der Waals surface area contributed by atoms with Gasteiger partial charge in [-0.3, -0.25) is 0 Å². The van der Waals surface area contributed by atoms with Crippen LogP contribution in [0.25, 0.3) is 0 Å². The molecule has 7 heteroatoms. The molecule has 0 atom stereocenters. The van der Waals surface area contributed by atoms with E-state index >= 15 is 0 Å². The summed E-state index contributed by atoms with van der Waals surface area (Å²) >= 11 is 0. The van der Waals surface area contributed by atoms with Crippen LogP contribution in [-0.2, 0) is 22.0 Å². The van der Waals surface area contributed by atoms with Gasteiger partial charge in [-0.1, -0.05) is 42.5 Å². The van der Waals surface area contributed by atoms with Gasteiger partial charge in [0.1, 0.15) is 0 Å². The van der Waals surface area contributed by atoms with Crippen molar-refractivity contribution in [3.63, 3.8) is 0 Å². The maximum absolute atomic E-state index is 12.0. The molecular formula is C21H28N4O2S. The van der Waals surface area contributed by atoms with Gasteiger partial charge in [0, 0.05) is 18.5 Å². The minimum atomic E-state index is -3.45. The summed E-state index contributed by atoms with van der Waals surface area (Å²) in [4.78, 5) is 4.89. The molecule has 2 aromatic rings. The minimum absolute atomic E-state index is 0.193. The van der Waals surface area contributed by atoms with Crippen LogP contribution < -0.4 is 15.4 Å². The maximum atomic E-state index is 12.0. The fraction of sp³-hybridized carbons (Fsp3) is 0.381. The smallest absolute Gasteiger partial charge is 0.240 e. The molecule has 6 nitrogen and oxygen atoms in total. The Morgan fingerprint density at radius 2 is 1.82 bits per heavy atom. The minimum Gasteiger partial charge on any atom is -0.357 e. The van der Waals surface area contributed by atoms with Crippen LogP contribution in [-0.4, -0.2) is 34.5 Å². The van der Waals surface area contributed by atoms with Gasteiger partial charge in [0.25, 0.3) is 0 Å². The number of guanidine groups is 1. The molecule has 28 heavy (non-hydrogen) atoms. The third kappa shape index (κ3) is 4.91. The van der Waals surface area contributed by atoms with Gasteiger partial charge < -0.3 is 10.6 Å². The molecule has 0 heterocycles. The Hall–Kier alpha value is -2.38. The Labute approximate surface area is 167 Å². The predicted octanol–water partition coefficient (Wildman–Crippen LogP) is 2.38. The van der Waals surface area contributed by atoms with E-state index < -0.39 is 10.0 Å². The van der Waals surface area contributed by atoms with Crippen LogP contribution in [0, 0.1) is 0 Å². The lowest BCUT2D eigenvalue weighted by Gasteiger charge is -2.19. The molecule has 1 aliphatic carbocycles. The van der Waals surface area contributed by atoms with Crippen LogP contribution >= 0.6 is 0 Å². The molecule has 0 amide bonds. The zero-order valence-corrected chi connectivity index (χ0v) is 17.2. The summed E-state index contributed by atoms with van der Waals surface area (Å²) in [5.41, 5.74) is 2.40. The first-order valence-corrected chi connectivity index (χ1v) is 11.1. The van der Waals surface area contributed by atoms with Crippen molar-refractivity contribution < 1.29 is 8.42 Å². The summed E-state index contributed by atoms with van der Waals surface area (Å²) in [6.45, 7) is 4.03. The molecule has 0 saturated heterocycles. The highest BCUT2D eigenvalue weighted by molar-refractivity contribution is 7.89. The van der Waals surface area contributed by atoms with Crippen LogP contribution in [0.15, 0.2) is 64.5 Å². The van der Waals surface area contributed by atoms with Gasteiger partial charge >= 0.3 is 0 Å². The van der Waals surface area contributed by atoms with Gasteiger partial charge in [0.05, 0.1) is 11.4 Å². The number of nitrogens with zero attached hydrogens (tertiary/aromatic N) is 1. The Morgan fingerprint density at radius 1 is 1.07 bits per heavy atom. The Kier molecular flexibility index (Phi) is 6.36. The molecule has 150 valence electrons. The first kappa shape index (κ1) is 20.4. The van der Waals surface area contributed by atoms with Gasteiger partial charge in [0.2, 0.25) is 10.0 Å². The summed E-state index contributed by atoms with van der Waals surface area (Å²) in [6, 6.07) is 17.4. The van der Waals surface area contributed by atoms with Crippen LogP contribution in [0.1, 0.15) is 30.9 Å². The standard InChI is InChI=1S/C21H28N4O2S/c1-3-23-20(25-16-21(12-13-21)18-9-5-4-6-10-18)24-15-17-8-7-11-19(14-17)28(26,27)22-2/h4-11,14,22H,3,12-13,15-16H2,1-2H3,(H2,23,24,25). The number of sulfonamides is 1. The summed E-state index contributed by atoms with van der Waals surface area (Å²) < 4.78 is 26.3. The fourth-order valence-electron chi connectivity index (χ4n) is 3.20. The van der Waals surface area contributed by atoms with Crippen molar-refractivity contribution >= 4 is 16.0 Å². The molecule has 1 fully saturated rings. The van der Waals surface area contributed by atoms with Crippen molar-refractivity contribution in [3.8, 4) is 0 Å². The summed E-state index contributed by atoms with van der Waals surface area (Å²) in [7, 11) is -2.04. The predicted molar refractivity (Wildman–Crippen MR) is 113 cm³/mol. The molecule has 0 radical (unpaired) electrons. The second-order valence-corrected chi connectivity index (χ2v) is 8.94. The Bertz CT molecular complexity index is 922. The first-order chi connectivity index (χ1) is 13.5. The van der Waals surface area contributed by atoms with E-state index in [1.165, 1.54) is 25.5 Å². The van der Waals surface area contributed by atoms with Crippen molar-refractivity contribution in [2.75, 3.05) is 20.1 Å². The third-order valence-corrected chi connectivity index (χ3v) is 6.49. The van der Waals surface area contributed by atoms with Gasteiger partial charge in [-0.05, 0) is 50.1 Å². The van der Waals surface area contributed by atoms with Crippen LogP contribution in [0.3, 0.4) is 0 Å². The van der Waals surface area contributed by atoms with Gasteiger partial charge in [0.15, 0.2) is 5.96 Å². The number of nitrogens with one attached hydrogen (secondary N) is 3. The second-order valence-electron chi connectivity index (χ2n) is 7.05. The molecule has 3 N–H and O–H groups in total. The van der Waals surface area contributed by atoms with E-state index in [1.807, 2.05) is 19.1 Å². The van der Waals surface area contributed by atoms with E-state index in [0.717, 1.165) is 24.6 Å². The van der Waals surface area contributed by atoms with E-state index in [2.05, 4.69) is 44.6 Å². The fourth-order valence-corrected chi connectivity index (χ4v) is 4.00. The zero-order chi connectivity index (χ0) is 20.0. The molecule has 2 aromatic carbocycles. The third-order valence-electron chi connectivity index (χ3n) is 5.08. The average Bonchev–Trinajstić information content (AvgIpc) is 3.52. The van der Waals surface area contributed by atoms with E-state index in [0.29, 0.717) is 6.54 Å². The monoisotopic (exact) mass is 400 g/mol. The highest BCUT2D eigenvalue weighted by atomic mass is 32.2. The molecule has 0 spiro atoms. The van der Waals surface area contributed by atoms with E-state index in [1.54, 1.807) is 18.2 Å². The summed E-state index contributed by atoms with van der Waals surface area (Å²) in [5, 5.41) is 6.73. The van der Waals surface area contributed by atoms with Crippen molar-refractivity contribution in [1.82, 2.24) is 15.4 Å². The number of aliphatic imine (C=N–C) groups is 1.